The zero-order valence-electron chi connectivity index (χ0n) is 16.9. The van der Waals surface area contributed by atoms with Crippen molar-refractivity contribution in [2.24, 2.45) is 0 Å². The van der Waals surface area contributed by atoms with E-state index in [9.17, 15) is 9.59 Å². The summed E-state index contributed by atoms with van der Waals surface area (Å²) < 4.78 is 7.15. The standard InChI is InChI=1S/C22H25N3O4S/c1-15(2)30-20(21(26)24-28)13-16-7-9-18(10-8-16)29-12-11-25-22(27)19-6-4-3-5-17(19)14-23-25/h3-10,14-15,20,28H,11-13H2,1-2H3,(H,24,26). The van der Waals surface area contributed by atoms with E-state index in [4.69, 9.17) is 9.94 Å². The van der Waals surface area contributed by atoms with Crippen LogP contribution in [0.5, 0.6) is 5.75 Å². The Bertz CT molecular complexity index is 1050. The van der Waals surface area contributed by atoms with Crippen LogP contribution < -0.4 is 15.8 Å². The fourth-order valence-electron chi connectivity index (χ4n) is 3.08. The summed E-state index contributed by atoms with van der Waals surface area (Å²) in [6, 6.07) is 14.8. The molecule has 3 aromatic rings. The molecular weight excluding hydrogens is 402 g/mol. The highest BCUT2D eigenvalue weighted by molar-refractivity contribution is 8.01. The van der Waals surface area contributed by atoms with Crippen molar-refractivity contribution in [3.63, 3.8) is 0 Å². The number of rotatable bonds is 9. The molecule has 0 saturated carbocycles. The number of nitrogens with zero attached hydrogens (tertiary/aromatic N) is 2. The number of hydrogen-bond acceptors (Lipinski definition) is 6. The molecule has 3 rings (SSSR count). The number of ether oxygens (including phenoxy) is 1. The molecule has 1 amide bonds. The van der Waals surface area contributed by atoms with Gasteiger partial charge in [0.05, 0.1) is 23.4 Å². The minimum Gasteiger partial charge on any atom is -0.492 e. The Morgan fingerprint density at radius 2 is 1.93 bits per heavy atom. The normalized spacial score (nSPS) is 12.1. The minimum atomic E-state index is -0.401. The van der Waals surface area contributed by atoms with Gasteiger partial charge in [-0.2, -0.15) is 5.10 Å². The zero-order chi connectivity index (χ0) is 21.5. The average molecular weight is 428 g/mol. The number of benzene rings is 2. The Morgan fingerprint density at radius 1 is 1.20 bits per heavy atom. The minimum absolute atomic E-state index is 0.136. The molecule has 0 bridgehead atoms. The third-order valence-electron chi connectivity index (χ3n) is 4.52. The molecule has 0 radical (unpaired) electrons. The van der Waals surface area contributed by atoms with Crippen LogP contribution in [0.3, 0.4) is 0 Å². The van der Waals surface area contributed by atoms with E-state index in [1.807, 2.05) is 56.3 Å². The second-order valence-corrected chi connectivity index (χ2v) is 8.89. The summed E-state index contributed by atoms with van der Waals surface area (Å²) >= 11 is 1.50. The van der Waals surface area contributed by atoms with Crippen LogP contribution in [0.15, 0.2) is 59.5 Å². The lowest BCUT2D eigenvalue weighted by Crippen LogP contribution is -2.32. The molecule has 8 heteroatoms. The number of hydrogen-bond donors (Lipinski definition) is 2. The molecule has 1 atom stereocenters. The molecule has 1 unspecified atom stereocenters. The molecule has 30 heavy (non-hydrogen) atoms. The van der Waals surface area contributed by atoms with E-state index in [1.165, 1.54) is 16.4 Å². The van der Waals surface area contributed by atoms with Gasteiger partial charge in [0.25, 0.3) is 11.5 Å². The Hall–Kier alpha value is -2.84. The lowest BCUT2D eigenvalue weighted by Gasteiger charge is -2.17. The van der Waals surface area contributed by atoms with Gasteiger partial charge >= 0.3 is 0 Å². The lowest BCUT2D eigenvalue weighted by molar-refractivity contribution is -0.128. The fourth-order valence-corrected chi connectivity index (χ4v) is 4.20. The Labute approximate surface area is 179 Å². The van der Waals surface area contributed by atoms with E-state index >= 15 is 0 Å². The van der Waals surface area contributed by atoms with E-state index in [0.717, 1.165) is 10.9 Å². The van der Waals surface area contributed by atoms with Crippen LogP contribution in [-0.4, -0.2) is 38.0 Å². The first-order valence-electron chi connectivity index (χ1n) is 9.74. The number of carbonyl (C=O) groups is 1. The third kappa shape index (κ3) is 5.61. The zero-order valence-corrected chi connectivity index (χ0v) is 17.8. The van der Waals surface area contributed by atoms with Crippen molar-refractivity contribution in [2.75, 3.05) is 6.61 Å². The van der Waals surface area contributed by atoms with Crippen LogP contribution in [0.4, 0.5) is 0 Å². The van der Waals surface area contributed by atoms with Crippen LogP contribution >= 0.6 is 11.8 Å². The van der Waals surface area contributed by atoms with E-state index in [2.05, 4.69) is 5.10 Å². The number of hydroxylamine groups is 1. The van der Waals surface area contributed by atoms with Gasteiger partial charge in [-0.1, -0.05) is 44.2 Å². The molecule has 1 aromatic heterocycles. The number of aromatic nitrogens is 2. The van der Waals surface area contributed by atoms with Gasteiger partial charge < -0.3 is 4.74 Å². The molecule has 2 aromatic carbocycles. The van der Waals surface area contributed by atoms with Gasteiger partial charge in [-0.05, 0) is 35.4 Å². The maximum Gasteiger partial charge on any atom is 0.274 e. The summed E-state index contributed by atoms with van der Waals surface area (Å²) in [6.45, 7) is 4.67. The first-order chi connectivity index (χ1) is 14.5. The third-order valence-corrected chi connectivity index (χ3v) is 5.77. The van der Waals surface area contributed by atoms with Crippen molar-refractivity contribution < 1.29 is 14.7 Å². The maximum absolute atomic E-state index is 12.5. The molecule has 0 fully saturated rings. The number of nitrogens with one attached hydrogen (secondary N) is 1. The van der Waals surface area contributed by atoms with Crippen molar-refractivity contribution in [3.8, 4) is 5.75 Å². The van der Waals surface area contributed by atoms with Crippen LogP contribution in [-0.2, 0) is 17.8 Å². The SMILES string of the molecule is CC(C)SC(Cc1ccc(OCCn2ncc3ccccc3c2=O)cc1)C(=O)NO. The van der Waals surface area contributed by atoms with Crippen LogP contribution in [0.2, 0.25) is 0 Å². The van der Waals surface area contributed by atoms with E-state index < -0.39 is 5.91 Å². The highest BCUT2D eigenvalue weighted by Gasteiger charge is 2.20. The van der Waals surface area contributed by atoms with Gasteiger partial charge in [0.2, 0.25) is 0 Å². The van der Waals surface area contributed by atoms with Crippen molar-refractivity contribution in [2.45, 2.75) is 37.3 Å². The Balaban J connectivity index is 1.58. The summed E-state index contributed by atoms with van der Waals surface area (Å²) in [7, 11) is 0. The molecule has 2 N–H and O–H groups in total. The van der Waals surface area contributed by atoms with E-state index in [-0.39, 0.29) is 16.1 Å². The van der Waals surface area contributed by atoms with Gasteiger partial charge in [0.1, 0.15) is 12.4 Å². The molecule has 0 aliphatic heterocycles. The fraction of sp³-hybridized carbons (Fsp3) is 0.318. The molecule has 0 aliphatic rings. The molecule has 0 aliphatic carbocycles. The van der Waals surface area contributed by atoms with E-state index in [1.54, 1.807) is 17.7 Å². The van der Waals surface area contributed by atoms with Gasteiger partial charge in [-0.25, -0.2) is 10.2 Å². The predicted molar refractivity (Wildman–Crippen MR) is 118 cm³/mol. The largest absolute Gasteiger partial charge is 0.492 e. The monoisotopic (exact) mass is 427 g/mol. The first kappa shape index (κ1) is 21.9. The summed E-state index contributed by atoms with van der Waals surface area (Å²) in [5.74, 6) is 0.273. The Kier molecular flexibility index (Phi) is 7.48. The van der Waals surface area contributed by atoms with Crippen molar-refractivity contribution in [1.82, 2.24) is 15.3 Å². The van der Waals surface area contributed by atoms with Gasteiger partial charge in [0, 0.05) is 5.39 Å². The smallest absolute Gasteiger partial charge is 0.274 e. The second kappa shape index (κ2) is 10.3. The predicted octanol–water partition coefficient (Wildman–Crippen LogP) is 3.03. The second-order valence-electron chi connectivity index (χ2n) is 7.11. The number of carbonyl (C=O) groups excluding carboxylic acids is 1. The number of fused-ring (bicyclic) bond motifs is 1. The van der Waals surface area contributed by atoms with E-state index in [0.29, 0.717) is 30.7 Å². The summed E-state index contributed by atoms with van der Waals surface area (Å²) in [5, 5.41) is 14.5. The summed E-state index contributed by atoms with van der Waals surface area (Å²) in [6.07, 6.45) is 2.19. The Morgan fingerprint density at radius 3 is 2.63 bits per heavy atom. The first-order valence-corrected chi connectivity index (χ1v) is 10.7. The van der Waals surface area contributed by atoms with Crippen LogP contribution in [0.1, 0.15) is 19.4 Å². The number of thioether (sulfide) groups is 1. The topological polar surface area (TPSA) is 93.5 Å². The lowest BCUT2D eigenvalue weighted by atomic mass is 10.1. The van der Waals surface area contributed by atoms with Crippen molar-refractivity contribution in [3.05, 3.63) is 70.6 Å². The maximum atomic E-state index is 12.5. The molecule has 0 spiro atoms. The highest BCUT2D eigenvalue weighted by Crippen LogP contribution is 2.22. The average Bonchev–Trinajstić information content (AvgIpc) is 2.75. The van der Waals surface area contributed by atoms with Gasteiger partial charge in [-0.3, -0.25) is 14.8 Å². The van der Waals surface area contributed by atoms with Crippen molar-refractivity contribution in [1.29, 1.82) is 0 Å². The van der Waals surface area contributed by atoms with Gasteiger partial charge in [-0.15, -0.1) is 11.8 Å². The van der Waals surface area contributed by atoms with Crippen LogP contribution in [0, 0.1) is 0 Å². The molecule has 7 nitrogen and oxygen atoms in total. The molecule has 0 saturated heterocycles. The molecular formula is C22H25N3O4S. The number of amides is 1. The summed E-state index contributed by atoms with van der Waals surface area (Å²) in [5.41, 5.74) is 2.58. The van der Waals surface area contributed by atoms with Crippen LogP contribution in [0.25, 0.3) is 10.8 Å². The molecule has 1 heterocycles. The molecule has 158 valence electrons. The quantitative estimate of drug-likeness (QED) is 0.403. The van der Waals surface area contributed by atoms with Crippen molar-refractivity contribution >= 4 is 28.4 Å². The van der Waals surface area contributed by atoms with Gasteiger partial charge in [0.15, 0.2) is 0 Å². The highest BCUT2D eigenvalue weighted by atomic mass is 32.2. The summed E-state index contributed by atoms with van der Waals surface area (Å²) in [4.78, 5) is 24.3.